The van der Waals surface area contributed by atoms with Crippen molar-refractivity contribution in [2.75, 3.05) is 5.32 Å². The number of hydrogen-bond acceptors (Lipinski definition) is 3. The third-order valence-corrected chi connectivity index (χ3v) is 4.06. The fraction of sp³-hybridized carbons (Fsp3) is 0.333. The lowest BCUT2D eigenvalue weighted by Crippen LogP contribution is -2.11. The highest BCUT2D eigenvalue weighted by Gasteiger charge is 2.15. The first-order valence-electron chi connectivity index (χ1n) is 7.76. The van der Waals surface area contributed by atoms with Crippen LogP contribution in [0.2, 0.25) is 0 Å². The quantitative estimate of drug-likeness (QED) is 0.754. The molecule has 3 aromatic rings. The summed E-state index contributed by atoms with van der Waals surface area (Å²) in [7, 11) is 0. The summed E-state index contributed by atoms with van der Waals surface area (Å²) in [5, 5.41) is 3.63. The molecule has 0 aliphatic heterocycles. The number of nitrogens with zero attached hydrogens (tertiary/aromatic N) is 2. The molecule has 2 aromatic heterocycles. The summed E-state index contributed by atoms with van der Waals surface area (Å²) >= 11 is 0. The van der Waals surface area contributed by atoms with Gasteiger partial charge in [0.15, 0.2) is 0 Å². The van der Waals surface area contributed by atoms with Crippen LogP contribution in [0.3, 0.4) is 0 Å². The maximum atomic E-state index is 4.58. The summed E-state index contributed by atoms with van der Waals surface area (Å²) in [5.41, 5.74) is 6.77. The van der Waals surface area contributed by atoms with E-state index in [4.69, 9.17) is 0 Å². The molecule has 0 saturated heterocycles. The van der Waals surface area contributed by atoms with E-state index in [1.165, 1.54) is 16.8 Å². The van der Waals surface area contributed by atoms with Crippen LogP contribution in [0.4, 0.5) is 5.69 Å². The molecule has 3 rings (SSSR count). The van der Waals surface area contributed by atoms with Gasteiger partial charge in [-0.05, 0) is 44.4 Å². The average Bonchev–Trinajstić information content (AvgIpc) is 2.89. The molecule has 0 bridgehead atoms. The fourth-order valence-corrected chi connectivity index (χ4v) is 2.91. The van der Waals surface area contributed by atoms with Crippen molar-refractivity contribution in [3.63, 3.8) is 0 Å². The molecule has 0 fully saturated rings. The zero-order chi connectivity index (χ0) is 15.7. The lowest BCUT2D eigenvalue weighted by molar-refractivity contribution is 0.842. The standard InChI is InChI=1S/C18H22N4/c1-5-14-8-6-7-11(2)16(14)20-12(3)17-18-15(9-10-19-17)21-13(4)22-18/h6-10,12,20H,5H2,1-4H3,(H,21,22). The lowest BCUT2D eigenvalue weighted by Gasteiger charge is -2.19. The third kappa shape index (κ3) is 2.56. The Morgan fingerprint density at radius 2 is 2.05 bits per heavy atom. The molecule has 0 aliphatic rings. The third-order valence-electron chi connectivity index (χ3n) is 4.06. The molecular formula is C18H22N4. The Bertz CT molecular complexity index is 804. The fourth-order valence-electron chi connectivity index (χ4n) is 2.91. The number of hydrogen-bond donors (Lipinski definition) is 2. The Morgan fingerprint density at radius 1 is 1.23 bits per heavy atom. The summed E-state index contributed by atoms with van der Waals surface area (Å²) in [6, 6.07) is 8.49. The van der Waals surface area contributed by atoms with Gasteiger partial charge >= 0.3 is 0 Å². The molecule has 1 unspecified atom stereocenters. The molecule has 0 amide bonds. The molecule has 0 saturated carbocycles. The Kier molecular flexibility index (Phi) is 3.84. The molecule has 2 heterocycles. The minimum atomic E-state index is 0.0952. The Balaban J connectivity index is 1.99. The van der Waals surface area contributed by atoms with E-state index in [2.05, 4.69) is 59.2 Å². The van der Waals surface area contributed by atoms with Crippen LogP contribution < -0.4 is 5.32 Å². The molecule has 4 nitrogen and oxygen atoms in total. The highest BCUT2D eigenvalue weighted by molar-refractivity contribution is 5.78. The van der Waals surface area contributed by atoms with Crippen LogP contribution in [-0.2, 0) is 6.42 Å². The van der Waals surface area contributed by atoms with Crippen molar-refractivity contribution >= 4 is 16.7 Å². The van der Waals surface area contributed by atoms with Gasteiger partial charge in [-0.3, -0.25) is 4.98 Å². The molecule has 2 N–H and O–H groups in total. The Hall–Kier alpha value is -2.36. The number of rotatable bonds is 4. The zero-order valence-electron chi connectivity index (χ0n) is 13.6. The first-order valence-corrected chi connectivity index (χ1v) is 7.76. The number of benzene rings is 1. The highest BCUT2D eigenvalue weighted by atomic mass is 15.0. The van der Waals surface area contributed by atoms with Gasteiger partial charge in [-0.15, -0.1) is 0 Å². The predicted molar refractivity (Wildman–Crippen MR) is 91.2 cm³/mol. The number of aromatic nitrogens is 3. The summed E-state index contributed by atoms with van der Waals surface area (Å²) in [5.74, 6) is 0.918. The van der Waals surface area contributed by atoms with Crippen LogP contribution >= 0.6 is 0 Å². The van der Waals surface area contributed by atoms with Gasteiger partial charge < -0.3 is 10.3 Å². The van der Waals surface area contributed by atoms with Gasteiger partial charge in [-0.25, -0.2) is 4.98 Å². The summed E-state index contributed by atoms with van der Waals surface area (Å²) in [6.07, 6.45) is 2.85. The van der Waals surface area contributed by atoms with E-state index in [9.17, 15) is 0 Å². The van der Waals surface area contributed by atoms with E-state index in [0.717, 1.165) is 29.0 Å². The van der Waals surface area contributed by atoms with E-state index in [1.807, 2.05) is 19.2 Å². The van der Waals surface area contributed by atoms with E-state index < -0.39 is 0 Å². The molecular weight excluding hydrogens is 272 g/mol. The summed E-state index contributed by atoms with van der Waals surface area (Å²) < 4.78 is 0. The van der Waals surface area contributed by atoms with Crippen molar-refractivity contribution in [2.24, 2.45) is 0 Å². The van der Waals surface area contributed by atoms with Crippen LogP contribution in [0.5, 0.6) is 0 Å². The molecule has 1 atom stereocenters. The summed E-state index contributed by atoms with van der Waals surface area (Å²) in [4.78, 5) is 12.4. The van der Waals surface area contributed by atoms with E-state index in [1.54, 1.807) is 0 Å². The van der Waals surface area contributed by atoms with Crippen molar-refractivity contribution in [1.29, 1.82) is 0 Å². The molecule has 114 valence electrons. The van der Waals surface area contributed by atoms with Crippen molar-refractivity contribution in [3.8, 4) is 0 Å². The largest absolute Gasteiger partial charge is 0.376 e. The smallest absolute Gasteiger partial charge is 0.112 e. The first-order chi connectivity index (χ1) is 10.6. The monoisotopic (exact) mass is 294 g/mol. The van der Waals surface area contributed by atoms with Crippen LogP contribution in [0, 0.1) is 13.8 Å². The highest BCUT2D eigenvalue weighted by Crippen LogP contribution is 2.28. The number of para-hydroxylation sites is 1. The van der Waals surface area contributed by atoms with Crippen molar-refractivity contribution in [1.82, 2.24) is 15.0 Å². The van der Waals surface area contributed by atoms with Crippen molar-refractivity contribution in [2.45, 2.75) is 40.2 Å². The minimum Gasteiger partial charge on any atom is -0.376 e. The molecule has 4 heteroatoms. The number of aromatic amines is 1. The summed E-state index contributed by atoms with van der Waals surface area (Å²) in [6.45, 7) is 8.43. The number of nitrogens with one attached hydrogen (secondary N) is 2. The molecule has 0 aliphatic carbocycles. The Morgan fingerprint density at radius 3 is 2.82 bits per heavy atom. The topological polar surface area (TPSA) is 53.6 Å². The van der Waals surface area contributed by atoms with Crippen LogP contribution in [0.1, 0.15) is 42.5 Å². The van der Waals surface area contributed by atoms with Crippen molar-refractivity contribution in [3.05, 3.63) is 53.1 Å². The van der Waals surface area contributed by atoms with E-state index in [0.29, 0.717) is 0 Å². The Labute approximate surface area is 131 Å². The first kappa shape index (κ1) is 14.6. The van der Waals surface area contributed by atoms with Crippen LogP contribution in [0.15, 0.2) is 30.5 Å². The molecule has 0 radical (unpaired) electrons. The number of H-pyrrole nitrogens is 1. The van der Waals surface area contributed by atoms with Gasteiger partial charge in [0.2, 0.25) is 0 Å². The normalized spacial score (nSPS) is 12.5. The van der Waals surface area contributed by atoms with Gasteiger partial charge in [0.25, 0.3) is 0 Å². The molecule has 22 heavy (non-hydrogen) atoms. The number of aryl methyl sites for hydroxylation is 3. The number of anilines is 1. The maximum Gasteiger partial charge on any atom is 0.112 e. The zero-order valence-corrected chi connectivity index (χ0v) is 13.6. The maximum absolute atomic E-state index is 4.58. The second-order valence-electron chi connectivity index (χ2n) is 5.74. The van der Waals surface area contributed by atoms with Gasteiger partial charge in [0.05, 0.1) is 17.3 Å². The van der Waals surface area contributed by atoms with Gasteiger partial charge in [0, 0.05) is 11.9 Å². The molecule has 0 spiro atoms. The number of fused-ring (bicyclic) bond motifs is 1. The van der Waals surface area contributed by atoms with E-state index >= 15 is 0 Å². The lowest BCUT2D eigenvalue weighted by atomic mass is 10.0. The second kappa shape index (κ2) is 5.79. The van der Waals surface area contributed by atoms with E-state index in [-0.39, 0.29) is 6.04 Å². The van der Waals surface area contributed by atoms with Crippen molar-refractivity contribution < 1.29 is 0 Å². The number of imidazole rings is 1. The van der Waals surface area contributed by atoms with Gasteiger partial charge in [-0.1, -0.05) is 25.1 Å². The minimum absolute atomic E-state index is 0.0952. The van der Waals surface area contributed by atoms with Crippen LogP contribution in [0.25, 0.3) is 11.0 Å². The second-order valence-corrected chi connectivity index (χ2v) is 5.74. The van der Waals surface area contributed by atoms with Crippen LogP contribution in [-0.4, -0.2) is 15.0 Å². The average molecular weight is 294 g/mol. The van der Waals surface area contributed by atoms with Gasteiger partial charge in [0.1, 0.15) is 11.3 Å². The SMILES string of the molecule is CCc1cccc(C)c1NC(C)c1nccc2[nH]c(C)nc12. The predicted octanol–water partition coefficient (Wildman–Crippen LogP) is 4.31. The number of pyridine rings is 1. The van der Waals surface area contributed by atoms with Gasteiger partial charge in [-0.2, -0.15) is 0 Å². The molecule has 1 aromatic carbocycles.